The van der Waals surface area contributed by atoms with Crippen LogP contribution in [0.15, 0.2) is 0 Å². The molecule has 5 amide bonds. The molecule has 284 valence electrons. The van der Waals surface area contributed by atoms with Gasteiger partial charge in [-0.25, -0.2) is 4.79 Å². The van der Waals surface area contributed by atoms with Gasteiger partial charge in [-0.15, -0.1) is 0 Å². The lowest BCUT2D eigenvalue weighted by molar-refractivity contribution is -0.143. The van der Waals surface area contributed by atoms with Crippen molar-refractivity contribution < 1.29 is 53.7 Å². The molecule has 11 N–H and O–H groups in total. The van der Waals surface area contributed by atoms with Crippen molar-refractivity contribution in [3.63, 3.8) is 0 Å². The van der Waals surface area contributed by atoms with E-state index in [0.29, 0.717) is 38.0 Å². The summed E-state index contributed by atoms with van der Waals surface area (Å²) in [7, 11) is 0. The number of likely N-dealkylation sites (tertiary alicyclic amines) is 1. The SMILES string of the molecule is CSCC[C@H](NC(=O)[C@@H]1CCCN1C(=O)[C@@H](N)C(C)C)C(=O)N[C@@H](CCC(=O)O)C(=O)N[C@@H](CCCCN)C(=O)N[C@@H](CCC(=O)O)C(=O)O. The molecule has 18 nitrogen and oxygen atoms in total. The number of nitrogens with zero attached hydrogens (tertiary/aromatic N) is 1. The van der Waals surface area contributed by atoms with Gasteiger partial charge in [0.2, 0.25) is 29.5 Å². The number of hydrogen-bond acceptors (Lipinski definition) is 11. The standard InChI is InChI=1S/C31H53N7O11S/c1-17(2)25(33)30(47)38-15-6-8-22(38)29(46)36-20(13-16-50-3)28(45)35-19(9-11-23(39)40)27(44)34-18(7-4-5-14-32)26(43)37-21(31(48)49)10-12-24(41)42/h17-22,25H,4-16,32-33H2,1-3H3,(H,34,44)(H,35,45)(H,36,46)(H,37,43)(H,39,40)(H,41,42)(H,48,49)/t18-,19-,20-,21-,22-,25-/m0/s1. The van der Waals surface area contributed by atoms with Gasteiger partial charge in [0.1, 0.15) is 30.2 Å². The summed E-state index contributed by atoms with van der Waals surface area (Å²) in [6, 6.07) is -7.22. The zero-order valence-corrected chi connectivity index (χ0v) is 29.7. The van der Waals surface area contributed by atoms with Crippen LogP contribution in [0.2, 0.25) is 0 Å². The van der Waals surface area contributed by atoms with E-state index in [2.05, 4.69) is 21.3 Å². The number of carbonyl (C=O) groups excluding carboxylic acids is 5. The Labute approximate surface area is 295 Å². The molecule has 0 unspecified atom stereocenters. The van der Waals surface area contributed by atoms with Crippen molar-refractivity contribution in [3.05, 3.63) is 0 Å². The molecule has 1 heterocycles. The van der Waals surface area contributed by atoms with Crippen LogP contribution in [-0.2, 0) is 38.4 Å². The Hall–Kier alpha value is -3.97. The van der Waals surface area contributed by atoms with Crippen LogP contribution in [0.25, 0.3) is 0 Å². The third kappa shape index (κ3) is 15.3. The van der Waals surface area contributed by atoms with E-state index >= 15 is 0 Å². The fourth-order valence-electron chi connectivity index (χ4n) is 5.19. The Balaban J connectivity index is 3.21. The summed E-state index contributed by atoms with van der Waals surface area (Å²) in [4.78, 5) is 102. The quantitative estimate of drug-likeness (QED) is 0.0516. The lowest BCUT2D eigenvalue weighted by Crippen LogP contribution is -2.59. The smallest absolute Gasteiger partial charge is 0.326 e. The average molecular weight is 732 g/mol. The van der Waals surface area contributed by atoms with Crippen molar-refractivity contribution in [1.82, 2.24) is 26.2 Å². The summed E-state index contributed by atoms with van der Waals surface area (Å²) in [6.07, 6.45) is 1.73. The van der Waals surface area contributed by atoms with Gasteiger partial charge < -0.3 is 53.0 Å². The van der Waals surface area contributed by atoms with Crippen LogP contribution in [-0.4, -0.2) is 129 Å². The van der Waals surface area contributed by atoms with Gasteiger partial charge in [-0.05, 0) is 75.8 Å². The van der Waals surface area contributed by atoms with Gasteiger partial charge in [-0.3, -0.25) is 33.6 Å². The molecule has 1 aliphatic rings. The normalized spacial score (nSPS) is 17.2. The van der Waals surface area contributed by atoms with E-state index in [9.17, 15) is 48.6 Å². The van der Waals surface area contributed by atoms with Crippen molar-refractivity contribution >= 4 is 59.2 Å². The van der Waals surface area contributed by atoms with E-state index in [-0.39, 0.29) is 37.6 Å². The molecule has 0 aromatic rings. The van der Waals surface area contributed by atoms with Crippen LogP contribution >= 0.6 is 11.8 Å². The minimum Gasteiger partial charge on any atom is -0.481 e. The molecule has 0 spiro atoms. The molecular weight excluding hydrogens is 678 g/mol. The third-order valence-corrected chi connectivity index (χ3v) is 8.85. The number of carboxylic acids is 3. The lowest BCUT2D eigenvalue weighted by Gasteiger charge is -2.30. The average Bonchev–Trinajstić information content (AvgIpc) is 3.55. The number of nitrogens with one attached hydrogen (secondary N) is 4. The van der Waals surface area contributed by atoms with Gasteiger partial charge in [-0.1, -0.05) is 13.8 Å². The molecule has 0 saturated carbocycles. The topological polar surface area (TPSA) is 301 Å². The number of amides is 5. The second kappa shape index (κ2) is 22.7. The highest BCUT2D eigenvalue weighted by Crippen LogP contribution is 2.20. The molecule has 1 rings (SSSR count). The molecule has 0 aromatic carbocycles. The summed E-state index contributed by atoms with van der Waals surface area (Å²) in [5.74, 6) is -7.37. The number of nitrogens with two attached hydrogens (primary N) is 2. The van der Waals surface area contributed by atoms with E-state index in [4.69, 9.17) is 16.6 Å². The number of carboxylic acid groups (broad SMARTS) is 3. The maximum absolute atomic E-state index is 13.6. The molecule has 0 bridgehead atoms. The van der Waals surface area contributed by atoms with Crippen molar-refractivity contribution in [2.24, 2.45) is 17.4 Å². The van der Waals surface area contributed by atoms with Crippen molar-refractivity contribution in [1.29, 1.82) is 0 Å². The first-order valence-corrected chi connectivity index (χ1v) is 18.1. The second-order valence-electron chi connectivity index (χ2n) is 12.5. The summed E-state index contributed by atoms with van der Waals surface area (Å²) < 4.78 is 0. The number of hydrogen-bond donors (Lipinski definition) is 9. The molecule has 0 radical (unpaired) electrons. The summed E-state index contributed by atoms with van der Waals surface area (Å²) in [5.41, 5.74) is 11.6. The zero-order chi connectivity index (χ0) is 38.0. The number of carbonyl (C=O) groups is 8. The first kappa shape index (κ1) is 44.1. The predicted octanol–water partition coefficient (Wildman–Crippen LogP) is -1.40. The number of aliphatic carboxylic acids is 3. The van der Waals surface area contributed by atoms with Gasteiger partial charge in [-0.2, -0.15) is 11.8 Å². The van der Waals surface area contributed by atoms with E-state index in [1.54, 1.807) is 20.1 Å². The molecule has 0 aliphatic carbocycles. The molecule has 50 heavy (non-hydrogen) atoms. The van der Waals surface area contributed by atoms with Gasteiger partial charge in [0.25, 0.3) is 0 Å². The van der Waals surface area contributed by atoms with E-state index < -0.39 is 97.1 Å². The molecule has 0 aromatic heterocycles. The Bertz CT molecular complexity index is 1210. The molecular formula is C31H53N7O11S. The highest BCUT2D eigenvalue weighted by atomic mass is 32.2. The second-order valence-corrected chi connectivity index (χ2v) is 13.5. The van der Waals surface area contributed by atoms with Crippen molar-refractivity contribution in [3.8, 4) is 0 Å². The minimum absolute atomic E-state index is 0.00310. The molecule has 1 fully saturated rings. The Kier molecular flexibility index (Phi) is 20.0. The minimum atomic E-state index is -1.57. The molecule has 6 atom stereocenters. The number of unbranched alkanes of at least 4 members (excludes halogenated alkanes) is 1. The van der Waals surface area contributed by atoms with Gasteiger partial charge in [0, 0.05) is 19.4 Å². The van der Waals surface area contributed by atoms with Crippen LogP contribution in [0.5, 0.6) is 0 Å². The van der Waals surface area contributed by atoms with Gasteiger partial charge >= 0.3 is 17.9 Å². The lowest BCUT2D eigenvalue weighted by atomic mass is 10.0. The Morgan fingerprint density at radius 3 is 1.74 bits per heavy atom. The fraction of sp³-hybridized carbons (Fsp3) is 0.742. The van der Waals surface area contributed by atoms with E-state index in [0.717, 1.165) is 0 Å². The summed E-state index contributed by atoms with van der Waals surface area (Å²) in [6.45, 7) is 4.16. The maximum atomic E-state index is 13.6. The molecule has 19 heteroatoms. The van der Waals surface area contributed by atoms with E-state index in [1.165, 1.54) is 16.7 Å². The number of rotatable bonds is 24. The Morgan fingerprint density at radius 2 is 1.26 bits per heavy atom. The van der Waals surface area contributed by atoms with Crippen molar-refractivity contribution in [2.45, 2.75) is 114 Å². The highest BCUT2D eigenvalue weighted by Gasteiger charge is 2.39. The predicted molar refractivity (Wildman–Crippen MR) is 183 cm³/mol. The van der Waals surface area contributed by atoms with Crippen LogP contribution < -0.4 is 32.7 Å². The van der Waals surface area contributed by atoms with Crippen molar-refractivity contribution in [2.75, 3.05) is 25.1 Å². The summed E-state index contributed by atoms with van der Waals surface area (Å²) >= 11 is 1.39. The molecule has 1 saturated heterocycles. The monoisotopic (exact) mass is 731 g/mol. The maximum Gasteiger partial charge on any atom is 0.326 e. The number of thioether (sulfide) groups is 1. The van der Waals surface area contributed by atoms with Gasteiger partial charge in [0.15, 0.2) is 0 Å². The van der Waals surface area contributed by atoms with Crippen LogP contribution in [0.3, 0.4) is 0 Å². The van der Waals surface area contributed by atoms with Gasteiger partial charge in [0.05, 0.1) is 6.04 Å². The zero-order valence-electron chi connectivity index (χ0n) is 28.9. The first-order valence-electron chi connectivity index (χ1n) is 16.7. The molecule has 1 aliphatic heterocycles. The highest BCUT2D eigenvalue weighted by molar-refractivity contribution is 7.98. The fourth-order valence-corrected chi connectivity index (χ4v) is 5.66. The van der Waals surface area contributed by atoms with Crippen LogP contribution in [0, 0.1) is 5.92 Å². The summed E-state index contributed by atoms with van der Waals surface area (Å²) in [5, 5.41) is 37.6. The first-order chi connectivity index (χ1) is 23.5. The van der Waals surface area contributed by atoms with E-state index in [1.807, 2.05) is 0 Å². The Morgan fingerprint density at radius 1 is 0.760 bits per heavy atom. The largest absolute Gasteiger partial charge is 0.481 e. The van der Waals surface area contributed by atoms with Crippen LogP contribution in [0.4, 0.5) is 0 Å². The van der Waals surface area contributed by atoms with Crippen LogP contribution in [0.1, 0.15) is 78.1 Å². The third-order valence-electron chi connectivity index (χ3n) is 8.21.